The number of hydrogen-bond acceptors (Lipinski definition) is 7. The Morgan fingerprint density at radius 3 is 1.91 bits per heavy atom. The standard InChI is InChI=1S/C9H18O2.C6H12O6/c1-2-3-4-5-6-7-8-9(10)11;7-1-3(9)5(11)6(12)4(10)2-8/h2-8H2,1H3,(H,10,11);1,3-6,8-12H,2H2. The van der Waals surface area contributed by atoms with Crippen LogP contribution in [0.2, 0.25) is 0 Å². The minimum Gasteiger partial charge on any atom is -0.481 e. The van der Waals surface area contributed by atoms with Crippen molar-refractivity contribution in [2.24, 2.45) is 0 Å². The maximum atomic E-state index is 10.1. The molecule has 0 aromatic heterocycles. The number of aliphatic hydroxyl groups is 5. The van der Waals surface area contributed by atoms with E-state index in [0.29, 0.717) is 6.42 Å². The quantitative estimate of drug-likeness (QED) is 0.204. The number of carbonyl (C=O) groups is 2. The fourth-order valence-electron chi connectivity index (χ4n) is 1.67. The number of aldehydes is 1. The Labute approximate surface area is 136 Å². The first-order valence-electron chi connectivity index (χ1n) is 7.81. The summed E-state index contributed by atoms with van der Waals surface area (Å²) in [5.74, 6) is -0.666. The van der Waals surface area contributed by atoms with Crippen LogP contribution in [0.3, 0.4) is 0 Å². The van der Waals surface area contributed by atoms with Gasteiger partial charge in [-0.15, -0.1) is 0 Å². The molecule has 0 aromatic rings. The molecule has 0 spiro atoms. The molecule has 0 saturated heterocycles. The van der Waals surface area contributed by atoms with E-state index in [1.54, 1.807) is 0 Å². The maximum Gasteiger partial charge on any atom is 0.303 e. The Bertz CT molecular complexity index is 297. The van der Waals surface area contributed by atoms with E-state index in [1.807, 2.05) is 0 Å². The number of carboxylic acids is 1. The van der Waals surface area contributed by atoms with Crippen molar-refractivity contribution >= 4 is 12.3 Å². The number of aliphatic carboxylic acids is 1. The number of carboxylic acid groups (broad SMARTS) is 1. The predicted octanol–water partition coefficient (Wildman–Crippen LogP) is -0.557. The summed E-state index contributed by atoms with van der Waals surface area (Å²) in [4.78, 5) is 20.0. The van der Waals surface area contributed by atoms with Crippen LogP contribution in [0.15, 0.2) is 0 Å². The van der Waals surface area contributed by atoms with Crippen LogP contribution in [0.5, 0.6) is 0 Å². The second-order valence-corrected chi connectivity index (χ2v) is 5.27. The second kappa shape index (κ2) is 15.8. The molecule has 0 heterocycles. The Morgan fingerprint density at radius 1 is 0.957 bits per heavy atom. The van der Waals surface area contributed by atoms with E-state index in [9.17, 15) is 9.59 Å². The lowest BCUT2D eigenvalue weighted by Crippen LogP contribution is -2.46. The Morgan fingerprint density at radius 2 is 1.48 bits per heavy atom. The van der Waals surface area contributed by atoms with E-state index in [2.05, 4.69) is 6.92 Å². The normalized spacial score (nSPS) is 15.7. The molecule has 0 aliphatic carbocycles. The first-order chi connectivity index (χ1) is 10.8. The van der Waals surface area contributed by atoms with Gasteiger partial charge in [-0.25, -0.2) is 0 Å². The molecular formula is C15H30O8. The van der Waals surface area contributed by atoms with Gasteiger partial charge in [0.15, 0.2) is 6.29 Å². The molecule has 8 nitrogen and oxygen atoms in total. The molecular weight excluding hydrogens is 308 g/mol. The zero-order valence-electron chi connectivity index (χ0n) is 13.5. The summed E-state index contributed by atoms with van der Waals surface area (Å²) in [6, 6.07) is 0. The summed E-state index contributed by atoms with van der Waals surface area (Å²) >= 11 is 0. The Balaban J connectivity index is 0. The highest BCUT2D eigenvalue weighted by atomic mass is 16.4. The van der Waals surface area contributed by atoms with Gasteiger partial charge in [-0.05, 0) is 6.42 Å². The van der Waals surface area contributed by atoms with Crippen molar-refractivity contribution in [3.05, 3.63) is 0 Å². The molecule has 0 amide bonds. The van der Waals surface area contributed by atoms with Gasteiger partial charge in [0.1, 0.15) is 24.4 Å². The van der Waals surface area contributed by atoms with Gasteiger partial charge in [0.25, 0.3) is 0 Å². The SMILES string of the molecule is CCCCCCCCC(=O)O.O=CC(O)C(O)C(O)C(O)CO. The van der Waals surface area contributed by atoms with Crippen molar-refractivity contribution in [2.45, 2.75) is 76.3 Å². The first kappa shape index (κ1) is 24.2. The van der Waals surface area contributed by atoms with E-state index in [-0.39, 0.29) is 6.29 Å². The average molecular weight is 338 g/mol. The van der Waals surface area contributed by atoms with E-state index in [0.717, 1.165) is 12.8 Å². The highest BCUT2D eigenvalue weighted by molar-refractivity contribution is 5.66. The first-order valence-corrected chi connectivity index (χ1v) is 7.81. The minimum absolute atomic E-state index is 0.0258. The van der Waals surface area contributed by atoms with Crippen LogP contribution in [0, 0.1) is 0 Å². The molecule has 6 N–H and O–H groups in total. The molecule has 0 aliphatic heterocycles. The van der Waals surface area contributed by atoms with Crippen molar-refractivity contribution in [3.8, 4) is 0 Å². The highest BCUT2D eigenvalue weighted by Crippen LogP contribution is 2.06. The van der Waals surface area contributed by atoms with Crippen molar-refractivity contribution in [1.29, 1.82) is 0 Å². The van der Waals surface area contributed by atoms with Crippen LogP contribution < -0.4 is 0 Å². The van der Waals surface area contributed by atoms with Crippen molar-refractivity contribution in [3.63, 3.8) is 0 Å². The van der Waals surface area contributed by atoms with E-state index >= 15 is 0 Å². The van der Waals surface area contributed by atoms with Gasteiger partial charge in [0.2, 0.25) is 0 Å². The van der Waals surface area contributed by atoms with Crippen LogP contribution in [-0.2, 0) is 9.59 Å². The van der Waals surface area contributed by atoms with Crippen molar-refractivity contribution in [2.75, 3.05) is 6.61 Å². The van der Waals surface area contributed by atoms with Gasteiger partial charge < -0.3 is 35.4 Å². The number of rotatable bonds is 12. The molecule has 0 rings (SSSR count). The summed E-state index contributed by atoms with van der Waals surface area (Å²) in [5.41, 5.74) is 0. The molecule has 0 radical (unpaired) electrons. The third-order valence-corrected chi connectivity index (χ3v) is 3.16. The smallest absolute Gasteiger partial charge is 0.303 e. The van der Waals surface area contributed by atoms with Gasteiger partial charge in [-0.3, -0.25) is 4.79 Å². The van der Waals surface area contributed by atoms with Gasteiger partial charge in [0.05, 0.1) is 6.61 Å². The zero-order chi connectivity index (χ0) is 18.3. The molecule has 138 valence electrons. The number of hydrogen-bond donors (Lipinski definition) is 6. The zero-order valence-corrected chi connectivity index (χ0v) is 13.5. The minimum atomic E-state index is -1.79. The van der Waals surface area contributed by atoms with Gasteiger partial charge in [0, 0.05) is 6.42 Å². The largest absolute Gasteiger partial charge is 0.481 e. The summed E-state index contributed by atoms with van der Waals surface area (Å²) < 4.78 is 0. The molecule has 4 unspecified atom stereocenters. The summed E-state index contributed by atoms with van der Waals surface area (Å²) in [5, 5.41) is 51.9. The Hall–Kier alpha value is -1.06. The topological polar surface area (TPSA) is 156 Å². The third kappa shape index (κ3) is 14.3. The lowest BCUT2D eigenvalue weighted by atomic mass is 10.0. The number of aliphatic hydroxyl groups excluding tert-OH is 5. The predicted molar refractivity (Wildman–Crippen MR) is 82.8 cm³/mol. The molecule has 0 aliphatic rings. The average Bonchev–Trinajstić information content (AvgIpc) is 2.55. The third-order valence-electron chi connectivity index (χ3n) is 3.16. The fraction of sp³-hybridized carbons (Fsp3) is 0.867. The van der Waals surface area contributed by atoms with Crippen LogP contribution in [0.1, 0.15) is 51.9 Å². The lowest BCUT2D eigenvalue weighted by molar-refractivity contribution is -0.137. The lowest BCUT2D eigenvalue weighted by Gasteiger charge is -2.22. The maximum absolute atomic E-state index is 10.1. The molecule has 4 atom stereocenters. The molecule has 8 heteroatoms. The molecule has 23 heavy (non-hydrogen) atoms. The van der Waals surface area contributed by atoms with Gasteiger partial charge >= 0.3 is 5.97 Å². The van der Waals surface area contributed by atoms with Crippen LogP contribution in [-0.4, -0.2) is 73.9 Å². The van der Waals surface area contributed by atoms with E-state index in [4.69, 9.17) is 30.6 Å². The monoisotopic (exact) mass is 338 g/mol. The second-order valence-electron chi connectivity index (χ2n) is 5.27. The molecule has 0 saturated carbocycles. The number of carbonyl (C=O) groups excluding carboxylic acids is 1. The summed E-state index contributed by atoms with van der Waals surface area (Å²) in [6.45, 7) is 1.42. The molecule has 0 aromatic carbocycles. The summed E-state index contributed by atoms with van der Waals surface area (Å²) in [6.07, 6.45) is 0.411. The highest BCUT2D eigenvalue weighted by Gasteiger charge is 2.29. The van der Waals surface area contributed by atoms with Crippen LogP contribution >= 0.6 is 0 Å². The van der Waals surface area contributed by atoms with E-state index < -0.39 is 37.0 Å². The fourth-order valence-corrected chi connectivity index (χ4v) is 1.67. The van der Waals surface area contributed by atoms with Crippen LogP contribution in [0.4, 0.5) is 0 Å². The molecule has 0 fully saturated rings. The Kier molecular flexibility index (Phi) is 16.6. The summed E-state index contributed by atoms with van der Waals surface area (Å²) in [7, 11) is 0. The van der Waals surface area contributed by atoms with Gasteiger partial charge in [-0.1, -0.05) is 39.0 Å². The number of unbranched alkanes of at least 4 members (excludes halogenated alkanes) is 5. The van der Waals surface area contributed by atoms with Crippen molar-refractivity contribution in [1.82, 2.24) is 0 Å². The van der Waals surface area contributed by atoms with Gasteiger partial charge in [-0.2, -0.15) is 0 Å². The van der Waals surface area contributed by atoms with E-state index in [1.165, 1.54) is 25.7 Å². The van der Waals surface area contributed by atoms with Crippen molar-refractivity contribution < 1.29 is 40.2 Å². The molecule has 0 bridgehead atoms. The van der Waals surface area contributed by atoms with Crippen LogP contribution in [0.25, 0.3) is 0 Å².